The van der Waals surface area contributed by atoms with E-state index in [1.807, 2.05) is 6.20 Å². The van der Waals surface area contributed by atoms with E-state index in [1.165, 1.54) is 12.0 Å². The largest absolute Gasteiger partial charge is 0.257 e. The highest BCUT2D eigenvalue weighted by Gasteiger charge is 1.89. The third-order valence-electron chi connectivity index (χ3n) is 2.00. The molecule has 1 aromatic heterocycles. The van der Waals surface area contributed by atoms with Crippen LogP contribution in [0.3, 0.4) is 0 Å². The second-order valence-electron chi connectivity index (χ2n) is 3.14. The highest BCUT2D eigenvalue weighted by Crippen LogP contribution is 2.03. The van der Waals surface area contributed by atoms with Gasteiger partial charge in [-0.1, -0.05) is 32.4 Å². The van der Waals surface area contributed by atoms with Crippen LogP contribution in [-0.2, 0) is 6.42 Å². The summed E-state index contributed by atoms with van der Waals surface area (Å²) >= 11 is 0. The lowest BCUT2D eigenvalue weighted by Gasteiger charge is -1.95. The predicted molar refractivity (Wildman–Crippen MR) is 57.6 cm³/mol. The molecule has 0 spiro atoms. The summed E-state index contributed by atoms with van der Waals surface area (Å²) in [4.78, 5) is 4.33. The van der Waals surface area contributed by atoms with Gasteiger partial charge in [0.25, 0.3) is 0 Å². The van der Waals surface area contributed by atoms with Gasteiger partial charge in [0.1, 0.15) is 0 Å². The Labute approximate surface area is 80.5 Å². The zero-order valence-electron chi connectivity index (χ0n) is 8.46. The smallest absolute Gasteiger partial charge is 0.0626 e. The molecule has 1 nitrogen and oxygen atoms in total. The van der Waals surface area contributed by atoms with Gasteiger partial charge in [0, 0.05) is 6.20 Å². The second-order valence-corrected chi connectivity index (χ2v) is 3.14. The second kappa shape index (κ2) is 5.52. The molecule has 0 aliphatic rings. The molecule has 1 aromatic rings. The van der Waals surface area contributed by atoms with E-state index < -0.39 is 0 Å². The van der Waals surface area contributed by atoms with Crippen LogP contribution in [0.25, 0.3) is 6.08 Å². The van der Waals surface area contributed by atoms with Crippen LogP contribution in [-0.4, -0.2) is 4.98 Å². The first-order valence-electron chi connectivity index (χ1n) is 4.98. The number of hydrogen-bond acceptors (Lipinski definition) is 1. The van der Waals surface area contributed by atoms with Crippen molar-refractivity contribution in [3.63, 3.8) is 0 Å². The van der Waals surface area contributed by atoms with Crippen molar-refractivity contribution in [3.8, 4) is 0 Å². The summed E-state index contributed by atoms with van der Waals surface area (Å²) in [5.41, 5.74) is 2.36. The quantitative estimate of drug-likeness (QED) is 0.683. The Morgan fingerprint density at radius 2 is 2.15 bits per heavy atom. The molecule has 0 bridgehead atoms. The molecule has 1 heteroatoms. The van der Waals surface area contributed by atoms with E-state index in [-0.39, 0.29) is 0 Å². The fraction of sp³-hybridized carbons (Fsp3) is 0.417. The minimum absolute atomic E-state index is 1.06. The standard InChI is InChI=1S/C12H17N/c1-3-5-6-7-12-9-8-11(4-2)10-13-12/h6-10H,3-5H2,1-2H3/b7-6+. The van der Waals surface area contributed by atoms with Crippen LogP contribution in [0.15, 0.2) is 24.4 Å². The summed E-state index contributed by atoms with van der Waals surface area (Å²) in [6.45, 7) is 4.32. The molecule has 0 amide bonds. The number of rotatable bonds is 4. The Morgan fingerprint density at radius 3 is 2.69 bits per heavy atom. The van der Waals surface area contributed by atoms with Gasteiger partial charge < -0.3 is 0 Å². The van der Waals surface area contributed by atoms with Crippen LogP contribution in [0.5, 0.6) is 0 Å². The van der Waals surface area contributed by atoms with Crippen molar-refractivity contribution in [2.45, 2.75) is 33.1 Å². The molecule has 0 saturated heterocycles. The van der Waals surface area contributed by atoms with Crippen molar-refractivity contribution >= 4 is 6.08 Å². The van der Waals surface area contributed by atoms with E-state index in [0.29, 0.717) is 0 Å². The Kier molecular flexibility index (Phi) is 4.24. The summed E-state index contributed by atoms with van der Waals surface area (Å²) < 4.78 is 0. The highest BCUT2D eigenvalue weighted by atomic mass is 14.7. The first-order chi connectivity index (χ1) is 6.36. The van der Waals surface area contributed by atoms with E-state index in [0.717, 1.165) is 18.5 Å². The molecular weight excluding hydrogens is 158 g/mol. The van der Waals surface area contributed by atoms with Gasteiger partial charge in [-0.2, -0.15) is 0 Å². The number of allylic oxidation sites excluding steroid dienone is 1. The molecule has 1 heterocycles. The molecule has 0 radical (unpaired) electrons. The molecular formula is C12H17N. The van der Waals surface area contributed by atoms with Crippen LogP contribution in [0.2, 0.25) is 0 Å². The Morgan fingerprint density at radius 1 is 1.31 bits per heavy atom. The van der Waals surface area contributed by atoms with Gasteiger partial charge in [-0.05, 0) is 30.5 Å². The van der Waals surface area contributed by atoms with Crippen LogP contribution in [0.1, 0.15) is 37.9 Å². The lowest BCUT2D eigenvalue weighted by molar-refractivity contribution is 0.961. The third-order valence-corrected chi connectivity index (χ3v) is 2.00. The molecule has 70 valence electrons. The maximum atomic E-state index is 4.33. The van der Waals surface area contributed by atoms with Gasteiger partial charge in [-0.3, -0.25) is 4.98 Å². The predicted octanol–water partition coefficient (Wildman–Crippen LogP) is 3.46. The molecule has 0 unspecified atom stereocenters. The highest BCUT2D eigenvalue weighted by molar-refractivity contribution is 5.44. The molecule has 0 aromatic carbocycles. The van der Waals surface area contributed by atoms with Gasteiger partial charge in [0.05, 0.1) is 5.69 Å². The first-order valence-corrected chi connectivity index (χ1v) is 4.98. The summed E-state index contributed by atoms with van der Waals surface area (Å²) in [7, 11) is 0. The molecule has 0 aliphatic carbocycles. The minimum atomic E-state index is 1.06. The Balaban J connectivity index is 2.58. The molecule has 13 heavy (non-hydrogen) atoms. The minimum Gasteiger partial charge on any atom is -0.257 e. The SMILES string of the molecule is CCC/C=C/c1ccc(CC)cn1. The lowest BCUT2D eigenvalue weighted by Crippen LogP contribution is -1.84. The van der Waals surface area contributed by atoms with Gasteiger partial charge in [0.15, 0.2) is 0 Å². The van der Waals surface area contributed by atoms with E-state index in [9.17, 15) is 0 Å². The zero-order chi connectivity index (χ0) is 9.52. The van der Waals surface area contributed by atoms with Crippen molar-refractivity contribution in [2.24, 2.45) is 0 Å². The van der Waals surface area contributed by atoms with E-state index in [1.54, 1.807) is 0 Å². The Bertz CT molecular complexity index is 259. The molecule has 0 aliphatic heterocycles. The van der Waals surface area contributed by atoms with Gasteiger partial charge >= 0.3 is 0 Å². The molecule has 1 rings (SSSR count). The van der Waals surface area contributed by atoms with Crippen molar-refractivity contribution in [3.05, 3.63) is 35.7 Å². The Hall–Kier alpha value is -1.11. The third kappa shape index (κ3) is 3.41. The van der Waals surface area contributed by atoms with Gasteiger partial charge in [-0.15, -0.1) is 0 Å². The van der Waals surface area contributed by atoms with Crippen LogP contribution < -0.4 is 0 Å². The van der Waals surface area contributed by atoms with E-state index in [4.69, 9.17) is 0 Å². The number of nitrogens with zero attached hydrogens (tertiary/aromatic N) is 1. The van der Waals surface area contributed by atoms with Gasteiger partial charge in [0.2, 0.25) is 0 Å². The van der Waals surface area contributed by atoms with Crippen LogP contribution in [0, 0.1) is 0 Å². The summed E-state index contributed by atoms with van der Waals surface area (Å²) in [6, 6.07) is 4.21. The summed E-state index contributed by atoms with van der Waals surface area (Å²) in [6.07, 6.45) is 9.61. The molecule has 0 fully saturated rings. The first kappa shape index (κ1) is 9.97. The monoisotopic (exact) mass is 175 g/mol. The zero-order valence-corrected chi connectivity index (χ0v) is 8.46. The number of aromatic nitrogens is 1. The normalized spacial score (nSPS) is 10.9. The molecule has 0 N–H and O–H groups in total. The maximum absolute atomic E-state index is 4.33. The number of pyridine rings is 1. The molecule has 0 saturated carbocycles. The summed E-state index contributed by atoms with van der Waals surface area (Å²) in [5.74, 6) is 0. The van der Waals surface area contributed by atoms with E-state index >= 15 is 0 Å². The van der Waals surface area contributed by atoms with Gasteiger partial charge in [-0.25, -0.2) is 0 Å². The summed E-state index contributed by atoms with van der Waals surface area (Å²) in [5, 5.41) is 0. The molecule has 0 atom stereocenters. The van der Waals surface area contributed by atoms with Crippen molar-refractivity contribution in [2.75, 3.05) is 0 Å². The van der Waals surface area contributed by atoms with Crippen LogP contribution in [0.4, 0.5) is 0 Å². The van der Waals surface area contributed by atoms with Crippen molar-refractivity contribution in [1.29, 1.82) is 0 Å². The van der Waals surface area contributed by atoms with Crippen LogP contribution >= 0.6 is 0 Å². The fourth-order valence-electron chi connectivity index (χ4n) is 1.11. The number of aryl methyl sites for hydroxylation is 1. The fourth-order valence-corrected chi connectivity index (χ4v) is 1.11. The lowest BCUT2D eigenvalue weighted by atomic mass is 10.2. The van der Waals surface area contributed by atoms with E-state index in [2.05, 4.69) is 43.1 Å². The van der Waals surface area contributed by atoms with Crippen molar-refractivity contribution < 1.29 is 0 Å². The number of hydrogen-bond donors (Lipinski definition) is 0. The maximum Gasteiger partial charge on any atom is 0.0626 e. The average molecular weight is 175 g/mol. The average Bonchev–Trinajstić information content (AvgIpc) is 2.19. The number of unbranched alkanes of at least 4 members (excludes halogenated alkanes) is 1. The topological polar surface area (TPSA) is 12.9 Å². The van der Waals surface area contributed by atoms with Crippen molar-refractivity contribution in [1.82, 2.24) is 4.98 Å².